The third-order valence-corrected chi connectivity index (χ3v) is 0.661. The van der Waals surface area contributed by atoms with Crippen LogP contribution in [0.15, 0.2) is 4.99 Å². The highest BCUT2D eigenvalue weighted by Gasteiger charge is 1.87. The monoisotopic (exact) mass is 102 g/mol. The molecule has 0 rings (SSSR count). The van der Waals surface area contributed by atoms with E-state index in [-0.39, 0.29) is 12.9 Å². The van der Waals surface area contributed by atoms with Crippen LogP contribution in [0.3, 0.4) is 0 Å². The molecule has 0 spiro atoms. The third kappa shape index (κ3) is 3.42. The molecule has 0 aliphatic rings. The molecule has 3 nitrogen and oxygen atoms in total. The van der Waals surface area contributed by atoms with Crippen molar-refractivity contribution in [2.75, 3.05) is 6.73 Å². The molecular weight excluding hydrogens is 92.1 g/mol. The summed E-state index contributed by atoms with van der Waals surface area (Å²) < 4.78 is 0. The Bertz CT molecular complexity index is 55.7. The Kier molecular flexibility index (Phi) is 3.55. The molecule has 1 atom stereocenters. The van der Waals surface area contributed by atoms with Crippen LogP contribution in [-0.4, -0.2) is 24.7 Å². The van der Waals surface area contributed by atoms with Gasteiger partial charge < -0.3 is 5.11 Å². The van der Waals surface area contributed by atoms with Crippen molar-refractivity contribution in [2.24, 2.45) is 4.99 Å². The van der Waals surface area contributed by atoms with Gasteiger partial charge in [0.15, 0.2) is 0 Å². The number of aliphatic imine (C=N–C) groups is 1. The van der Waals surface area contributed by atoms with Gasteiger partial charge in [0.2, 0.25) is 0 Å². The predicted molar refractivity (Wildman–Crippen MR) is 29.2 cm³/mol. The molecule has 0 aromatic rings. The molecule has 0 saturated heterocycles. The molecule has 0 aliphatic carbocycles. The van der Waals surface area contributed by atoms with E-state index < -0.39 is 0 Å². The van der Waals surface area contributed by atoms with Crippen molar-refractivity contribution in [3.8, 4) is 0 Å². The molecule has 0 aromatic carbocycles. The van der Waals surface area contributed by atoms with Crippen molar-refractivity contribution in [2.45, 2.75) is 13.1 Å². The lowest BCUT2D eigenvalue weighted by molar-refractivity contribution is 0.246. The predicted octanol–water partition coefficient (Wildman–Crippen LogP) is -0.428. The first-order valence-electron chi connectivity index (χ1n) is 2.11. The number of hydrogen-bond donors (Lipinski definition) is 2. The highest BCUT2D eigenvalue weighted by molar-refractivity contribution is 5.23. The number of aliphatic hydroxyl groups is 1. The van der Waals surface area contributed by atoms with E-state index in [1.165, 1.54) is 0 Å². The lowest BCUT2D eigenvalue weighted by Gasteiger charge is -2.01. The van der Waals surface area contributed by atoms with Crippen LogP contribution in [0.2, 0.25) is 0 Å². The van der Waals surface area contributed by atoms with Crippen molar-refractivity contribution in [1.82, 2.24) is 5.32 Å². The summed E-state index contributed by atoms with van der Waals surface area (Å²) >= 11 is 0. The zero-order valence-corrected chi connectivity index (χ0v) is 4.39. The minimum absolute atomic E-state index is 0.0370. The fourth-order valence-corrected chi connectivity index (χ4v) is 0.197. The summed E-state index contributed by atoms with van der Waals surface area (Å²) in [5, 5.41) is 10.8. The van der Waals surface area contributed by atoms with E-state index in [4.69, 9.17) is 5.11 Å². The van der Waals surface area contributed by atoms with Crippen LogP contribution in [0, 0.1) is 0 Å². The normalized spacial score (nSPS) is 13.4. The Labute approximate surface area is 43.1 Å². The fourth-order valence-electron chi connectivity index (χ4n) is 0.197. The Morgan fingerprint density at radius 1 is 2.00 bits per heavy atom. The largest absolute Gasteiger partial charge is 0.381 e. The number of nitrogens with one attached hydrogen (secondary N) is 1. The molecule has 42 valence electrons. The van der Waals surface area contributed by atoms with Crippen molar-refractivity contribution < 1.29 is 5.11 Å². The van der Waals surface area contributed by atoms with Gasteiger partial charge in [0, 0.05) is 0 Å². The fraction of sp³-hybridized carbons (Fsp3) is 0.750. The molecule has 0 bridgehead atoms. The minimum Gasteiger partial charge on any atom is -0.381 e. The van der Waals surface area contributed by atoms with E-state index >= 15 is 0 Å². The van der Waals surface area contributed by atoms with E-state index in [9.17, 15) is 0 Å². The quantitative estimate of drug-likeness (QED) is 0.375. The highest BCUT2D eigenvalue weighted by atomic mass is 16.3. The van der Waals surface area contributed by atoms with Crippen molar-refractivity contribution in [3.63, 3.8) is 0 Å². The van der Waals surface area contributed by atoms with Gasteiger partial charge in [-0.25, -0.2) is 0 Å². The van der Waals surface area contributed by atoms with Crippen LogP contribution in [0.25, 0.3) is 0 Å². The van der Waals surface area contributed by atoms with Crippen molar-refractivity contribution in [1.29, 1.82) is 0 Å². The van der Waals surface area contributed by atoms with Crippen LogP contribution < -0.4 is 5.32 Å². The van der Waals surface area contributed by atoms with Gasteiger partial charge in [-0.05, 0) is 13.6 Å². The summed E-state index contributed by atoms with van der Waals surface area (Å²) in [5.74, 6) is 0. The number of rotatable bonds is 3. The maximum absolute atomic E-state index is 8.17. The van der Waals surface area contributed by atoms with Gasteiger partial charge in [-0.3, -0.25) is 10.3 Å². The standard InChI is InChI=1S/C4H10N2O/c1-4(5-2)6-3-7/h4,6-7H,2-3H2,1H3. The molecule has 1 unspecified atom stereocenters. The Balaban J connectivity index is 2.98. The zero-order valence-electron chi connectivity index (χ0n) is 4.39. The maximum Gasteiger partial charge on any atom is 0.0975 e. The topological polar surface area (TPSA) is 44.6 Å². The first kappa shape index (κ1) is 6.59. The summed E-state index contributed by atoms with van der Waals surface area (Å²) in [6.07, 6.45) is -0.0370. The second-order valence-corrected chi connectivity index (χ2v) is 1.22. The van der Waals surface area contributed by atoms with Gasteiger partial charge in [-0.2, -0.15) is 0 Å². The molecule has 0 heterocycles. The first-order valence-corrected chi connectivity index (χ1v) is 2.11. The van der Waals surface area contributed by atoms with E-state index in [1.807, 2.05) is 6.92 Å². The van der Waals surface area contributed by atoms with Gasteiger partial charge in [0.1, 0.15) is 0 Å². The van der Waals surface area contributed by atoms with Crippen LogP contribution in [0.4, 0.5) is 0 Å². The Hall–Kier alpha value is -0.410. The number of nitrogens with zero attached hydrogens (tertiary/aromatic N) is 1. The Morgan fingerprint density at radius 2 is 2.57 bits per heavy atom. The molecule has 0 aromatic heterocycles. The Morgan fingerprint density at radius 3 is 2.71 bits per heavy atom. The van der Waals surface area contributed by atoms with Crippen LogP contribution in [-0.2, 0) is 0 Å². The third-order valence-electron chi connectivity index (χ3n) is 0.661. The second-order valence-electron chi connectivity index (χ2n) is 1.22. The second kappa shape index (κ2) is 3.77. The van der Waals surface area contributed by atoms with Crippen LogP contribution in [0.1, 0.15) is 6.92 Å². The first-order chi connectivity index (χ1) is 3.31. The maximum atomic E-state index is 8.17. The molecule has 2 N–H and O–H groups in total. The highest BCUT2D eigenvalue weighted by Crippen LogP contribution is 1.75. The molecule has 0 fully saturated rings. The SMILES string of the molecule is C=NC(C)NCO. The van der Waals surface area contributed by atoms with E-state index in [0.29, 0.717) is 0 Å². The van der Waals surface area contributed by atoms with E-state index in [1.54, 1.807) is 0 Å². The molecule has 7 heavy (non-hydrogen) atoms. The number of aliphatic hydroxyl groups excluding tert-OH is 1. The molecule has 0 aliphatic heterocycles. The lowest BCUT2D eigenvalue weighted by Crippen LogP contribution is -2.24. The molecule has 0 saturated carbocycles. The minimum atomic E-state index is -0.0415. The lowest BCUT2D eigenvalue weighted by atomic mass is 10.6. The van der Waals surface area contributed by atoms with Crippen molar-refractivity contribution >= 4 is 6.72 Å². The smallest absolute Gasteiger partial charge is 0.0975 e. The molecular formula is C4H10N2O. The molecule has 3 heteroatoms. The van der Waals surface area contributed by atoms with Gasteiger partial charge in [-0.15, -0.1) is 0 Å². The zero-order chi connectivity index (χ0) is 5.70. The van der Waals surface area contributed by atoms with Gasteiger partial charge in [-0.1, -0.05) is 0 Å². The summed E-state index contributed by atoms with van der Waals surface area (Å²) in [6.45, 7) is 5.02. The van der Waals surface area contributed by atoms with E-state index in [2.05, 4.69) is 17.0 Å². The molecule has 0 amide bonds. The van der Waals surface area contributed by atoms with Gasteiger partial charge in [0.25, 0.3) is 0 Å². The van der Waals surface area contributed by atoms with Gasteiger partial charge in [0.05, 0.1) is 12.9 Å². The van der Waals surface area contributed by atoms with Crippen molar-refractivity contribution in [3.05, 3.63) is 0 Å². The van der Waals surface area contributed by atoms with Gasteiger partial charge >= 0.3 is 0 Å². The number of hydrogen-bond acceptors (Lipinski definition) is 3. The average Bonchev–Trinajstić information content (AvgIpc) is 1.68. The summed E-state index contributed by atoms with van der Waals surface area (Å²) in [7, 11) is 0. The van der Waals surface area contributed by atoms with Crippen LogP contribution >= 0.6 is 0 Å². The summed E-state index contributed by atoms with van der Waals surface area (Å²) in [5.41, 5.74) is 0. The van der Waals surface area contributed by atoms with E-state index in [0.717, 1.165) is 0 Å². The average molecular weight is 102 g/mol. The summed E-state index contributed by atoms with van der Waals surface area (Å²) in [6, 6.07) is 0. The van der Waals surface area contributed by atoms with Crippen LogP contribution in [0.5, 0.6) is 0 Å². The molecule has 0 radical (unpaired) electrons. The summed E-state index contributed by atoms with van der Waals surface area (Å²) in [4.78, 5) is 3.56.